The van der Waals surface area contributed by atoms with E-state index in [4.69, 9.17) is 5.11 Å². The van der Waals surface area contributed by atoms with Crippen LogP contribution >= 0.6 is 0 Å². The van der Waals surface area contributed by atoms with E-state index in [2.05, 4.69) is 5.32 Å². The minimum atomic E-state index is -3.59. The van der Waals surface area contributed by atoms with Gasteiger partial charge in [-0.2, -0.15) is 0 Å². The second-order valence-corrected chi connectivity index (χ2v) is 7.11. The zero-order valence-electron chi connectivity index (χ0n) is 11.6. The lowest BCUT2D eigenvalue weighted by Crippen LogP contribution is -2.26. The first-order valence-corrected chi connectivity index (χ1v) is 7.96. The molecule has 0 aliphatic rings. The number of rotatable bonds is 6. The molecule has 0 saturated heterocycles. The van der Waals surface area contributed by atoms with Gasteiger partial charge in [-0.05, 0) is 24.1 Å². The Labute approximate surface area is 121 Å². The third-order valence-electron chi connectivity index (χ3n) is 2.43. The smallest absolute Gasteiger partial charge is 0.335 e. The van der Waals surface area contributed by atoms with Crippen molar-refractivity contribution in [2.24, 2.45) is 5.92 Å². The van der Waals surface area contributed by atoms with Crippen LogP contribution in [0.25, 0.3) is 0 Å². The van der Waals surface area contributed by atoms with Crippen LogP contribution in [0.3, 0.4) is 0 Å². The van der Waals surface area contributed by atoms with Crippen molar-refractivity contribution in [1.82, 2.24) is 0 Å². The van der Waals surface area contributed by atoms with Gasteiger partial charge in [-0.1, -0.05) is 13.8 Å². The highest BCUT2D eigenvalue weighted by Crippen LogP contribution is 2.16. The van der Waals surface area contributed by atoms with E-state index >= 15 is 0 Å². The molecule has 0 unspecified atom stereocenters. The zero-order valence-corrected chi connectivity index (χ0v) is 12.4. The van der Waals surface area contributed by atoms with E-state index in [9.17, 15) is 22.4 Å². The lowest BCUT2D eigenvalue weighted by atomic mass is 10.2. The number of hydrogen-bond acceptors (Lipinski definition) is 4. The van der Waals surface area contributed by atoms with Crippen LogP contribution in [0.4, 0.5) is 10.1 Å². The number of anilines is 1. The average Bonchev–Trinajstić information content (AvgIpc) is 2.28. The lowest BCUT2D eigenvalue weighted by Gasteiger charge is -2.09. The number of halogens is 1. The molecule has 1 rings (SSSR count). The van der Waals surface area contributed by atoms with Crippen LogP contribution < -0.4 is 5.32 Å². The van der Waals surface area contributed by atoms with Crippen molar-refractivity contribution in [2.75, 3.05) is 16.8 Å². The molecule has 8 heteroatoms. The summed E-state index contributed by atoms with van der Waals surface area (Å²) in [6.07, 6.45) is 0. The number of carboxylic acids is 1. The highest BCUT2D eigenvalue weighted by molar-refractivity contribution is 7.92. The maximum Gasteiger partial charge on any atom is 0.335 e. The van der Waals surface area contributed by atoms with Crippen LogP contribution in [-0.4, -0.2) is 36.9 Å². The first kappa shape index (κ1) is 17.1. The Hall–Kier alpha value is -1.96. The number of aromatic carboxylic acids is 1. The van der Waals surface area contributed by atoms with E-state index in [1.54, 1.807) is 13.8 Å². The number of benzene rings is 1. The second-order valence-electron chi connectivity index (χ2n) is 5.00. The Morgan fingerprint density at radius 1 is 1.33 bits per heavy atom. The molecule has 0 radical (unpaired) electrons. The van der Waals surface area contributed by atoms with E-state index < -0.39 is 33.3 Å². The van der Waals surface area contributed by atoms with Crippen molar-refractivity contribution < 1.29 is 27.5 Å². The molecule has 0 atom stereocenters. The van der Waals surface area contributed by atoms with Crippen LogP contribution in [0.2, 0.25) is 0 Å². The molecule has 1 amide bonds. The lowest BCUT2D eigenvalue weighted by molar-refractivity contribution is -0.113. The van der Waals surface area contributed by atoms with Crippen LogP contribution in [0.1, 0.15) is 24.2 Å². The molecule has 2 N–H and O–H groups in total. The second kappa shape index (κ2) is 6.66. The number of hydrogen-bond donors (Lipinski definition) is 2. The molecular weight excluding hydrogens is 301 g/mol. The minimum Gasteiger partial charge on any atom is -0.478 e. The van der Waals surface area contributed by atoms with Gasteiger partial charge < -0.3 is 10.4 Å². The van der Waals surface area contributed by atoms with Crippen molar-refractivity contribution in [3.8, 4) is 0 Å². The molecule has 0 aromatic heterocycles. The summed E-state index contributed by atoms with van der Waals surface area (Å²) in [4.78, 5) is 22.4. The van der Waals surface area contributed by atoms with Gasteiger partial charge in [0.1, 0.15) is 11.6 Å². The minimum absolute atomic E-state index is 0.130. The summed E-state index contributed by atoms with van der Waals surface area (Å²) in [7, 11) is -3.59. The van der Waals surface area contributed by atoms with E-state index in [1.807, 2.05) is 0 Å². The summed E-state index contributed by atoms with van der Waals surface area (Å²) in [5.74, 6) is -4.08. The van der Waals surface area contributed by atoms with Crippen molar-refractivity contribution >= 4 is 27.4 Å². The summed E-state index contributed by atoms with van der Waals surface area (Å²) in [6, 6.07) is 2.87. The molecule has 0 bridgehead atoms. The zero-order chi connectivity index (χ0) is 16.2. The molecule has 21 heavy (non-hydrogen) atoms. The molecule has 0 spiro atoms. The van der Waals surface area contributed by atoms with Gasteiger partial charge in [0.05, 0.1) is 17.0 Å². The highest BCUT2D eigenvalue weighted by Gasteiger charge is 2.19. The fraction of sp³-hybridized carbons (Fsp3) is 0.385. The van der Waals surface area contributed by atoms with E-state index in [0.717, 1.165) is 18.2 Å². The molecule has 0 fully saturated rings. The van der Waals surface area contributed by atoms with Gasteiger partial charge in [-0.3, -0.25) is 4.79 Å². The van der Waals surface area contributed by atoms with Crippen LogP contribution in [0.5, 0.6) is 0 Å². The van der Waals surface area contributed by atoms with Gasteiger partial charge in [0.15, 0.2) is 9.84 Å². The van der Waals surface area contributed by atoms with Gasteiger partial charge in [0.25, 0.3) is 0 Å². The molecule has 6 nitrogen and oxygen atoms in total. The SMILES string of the molecule is CC(C)CS(=O)(=O)CC(=O)Nc1cc(C(=O)O)ccc1F. The van der Waals surface area contributed by atoms with Gasteiger partial charge >= 0.3 is 5.97 Å². The summed E-state index contributed by atoms with van der Waals surface area (Å²) in [5.41, 5.74) is -0.573. The van der Waals surface area contributed by atoms with Crippen LogP contribution in [0, 0.1) is 11.7 Å². The third kappa shape index (κ3) is 5.50. The van der Waals surface area contributed by atoms with Gasteiger partial charge in [0.2, 0.25) is 5.91 Å². The Morgan fingerprint density at radius 3 is 2.48 bits per heavy atom. The molecule has 0 heterocycles. The summed E-state index contributed by atoms with van der Waals surface area (Å²) >= 11 is 0. The van der Waals surface area contributed by atoms with E-state index in [0.29, 0.717) is 0 Å². The topological polar surface area (TPSA) is 101 Å². The number of carbonyl (C=O) groups excluding carboxylic acids is 1. The predicted molar refractivity (Wildman–Crippen MR) is 75.5 cm³/mol. The summed E-state index contributed by atoms with van der Waals surface area (Å²) < 4.78 is 36.8. The maximum absolute atomic E-state index is 13.5. The number of carboxylic acid groups (broad SMARTS) is 1. The van der Waals surface area contributed by atoms with Crippen molar-refractivity contribution in [3.63, 3.8) is 0 Å². The standard InChI is InChI=1S/C13H16FNO5S/c1-8(2)6-21(19,20)7-12(16)15-11-5-9(13(17)18)3-4-10(11)14/h3-5,8H,6-7H2,1-2H3,(H,15,16)(H,17,18). The normalized spacial score (nSPS) is 11.4. The van der Waals surface area contributed by atoms with Crippen molar-refractivity contribution in [1.29, 1.82) is 0 Å². The summed E-state index contributed by atoms with van der Waals surface area (Å²) in [6.45, 7) is 3.40. The first-order valence-electron chi connectivity index (χ1n) is 6.14. The maximum atomic E-state index is 13.5. The number of amides is 1. The first-order chi connectivity index (χ1) is 9.60. The Kier molecular flexibility index (Phi) is 5.42. The monoisotopic (exact) mass is 317 g/mol. The predicted octanol–water partition coefficient (Wildman–Crippen LogP) is 1.53. The molecule has 1 aromatic carbocycles. The van der Waals surface area contributed by atoms with Gasteiger partial charge in [0, 0.05) is 0 Å². The Bertz CT molecular complexity index is 655. The van der Waals surface area contributed by atoms with Crippen molar-refractivity contribution in [3.05, 3.63) is 29.6 Å². The molecule has 0 saturated carbocycles. The fourth-order valence-corrected chi connectivity index (χ4v) is 3.31. The van der Waals surface area contributed by atoms with Gasteiger partial charge in [-0.15, -0.1) is 0 Å². The van der Waals surface area contributed by atoms with Crippen LogP contribution in [0.15, 0.2) is 18.2 Å². The molecule has 1 aromatic rings. The summed E-state index contributed by atoms with van der Waals surface area (Å²) in [5, 5.41) is 10.9. The fourth-order valence-electron chi connectivity index (χ4n) is 1.71. The molecule has 0 aliphatic heterocycles. The molecule has 116 valence electrons. The molecular formula is C13H16FNO5S. The van der Waals surface area contributed by atoms with E-state index in [-0.39, 0.29) is 22.9 Å². The Morgan fingerprint density at radius 2 is 1.95 bits per heavy atom. The van der Waals surface area contributed by atoms with Crippen molar-refractivity contribution in [2.45, 2.75) is 13.8 Å². The quantitative estimate of drug-likeness (QED) is 0.828. The largest absolute Gasteiger partial charge is 0.478 e. The number of nitrogens with one attached hydrogen (secondary N) is 1. The number of carbonyl (C=O) groups is 2. The highest BCUT2D eigenvalue weighted by atomic mass is 32.2. The average molecular weight is 317 g/mol. The number of sulfone groups is 1. The van der Waals surface area contributed by atoms with E-state index in [1.165, 1.54) is 0 Å². The molecule has 0 aliphatic carbocycles. The third-order valence-corrected chi connectivity index (χ3v) is 4.30. The van der Waals surface area contributed by atoms with Gasteiger partial charge in [-0.25, -0.2) is 17.6 Å². The Balaban J connectivity index is 2.84. The van der Waals surface area contributed by atoms with Crippen LogP contribution in [-0.2, 0) is 14.6 Å².